The predicted molar refractivity (Wildman–Crippen MR) is 69.4 cm³/mol. The summed E-state index contributed by atoms with van der Waals surface area (Å²) in [6.07, 6.45) is 2.66. The first-order chi connectivity index (χ1) is 8.82. The van der Waals surface area contributed by atoms with Crippen LogP contribution in [0.4, 0.5) is 5.69 Å². The Hall–Kier alpha value is -1.93. The molecular formula is C11H13N3O4S. The normalized spacial score (nSPS) is 12.0. The minimum absolute atomic E-state index is 0.0734. The first kappa shape index (κ1) is 13.5. The molecule has 0 radical (unpaired) electrons. The Labute approximate surface area is 110 Å². The number of aromatic nitrogens is 1. The van der Waals surface area contributed by atoms with Gasteiger partial charge < -0.3 is 4.42 Å². The summed E-state index contributed by atoms with van der Waals surface area (Å²) >= 11 is 0. The molecule has 0 spiro atoms. The summed E-state index contributed by atoms with van der Waals surface area (Å²) in [6, 6.07) is 3.22. The second kappa shape index (κ2) is 4.63. The number of nitrogens with zero attached hydrogens (tertiary/aromatic N) is 2. The highest BCUT2D eigenvalue weighted by atomic mass is 32.2. The largest absolute Gasteiger partial charge is 0.444 e. The fourth-order valence-corrected chi connectivity index (χ4v) is 2.50. The summed E-state index contributed by atoms with van der Waals surface area (Å²) in [4.78, 5) is 16.0. The lowest BCUT2D eigenvalue weighted by atomic mass is 10.2. The molecule has 0 saturated carbocycles. The minimum atomic E-state index is -4.23. The van der Waals surface area contributed by atoms with Gasteiger partial charge in [-0.2, -0.15) is 12.7 Å². The van der Waals surface area contributed by atoms with Crippen LogP contribution in [0.1, 0.15) is 13.8 Å². The van der Waals surface area contributed by atoms with Crippen molar-refractivity contribution in [1.29, 1.82) is 0 Å². The summed E-state index contributed by atoms with van der Waals surface area (Å²) in [5.74, 6) is -1.16. The van der Waals surface area contributed by atoms with Crippen molar-refractivity contribution in [3.63, 3.8) is 0 Å². The number of pyridine rings is 1. The van der Waals surface area contributed by atoms with Crippen molar-refractivity contribution in [3.05, 3.63) is 24.6 Å². The molecule has 0 fully saturated rings. The number of carbonyl (C=O) groups is 1. The summed E-state index contributed by atoms with van der Waals surface area (Å²) in [5, 5.41) is 5.52. The molecule has 2 rings (SSSR count). The molecule has 2 heterocycles. The van der Waals surface area contributed by atoms with Gasteiger partial charge in [0.25, 0.3) is 0 Å². The van der Waals surface area contributed by atoms with E-state index >= 15 is 0 Å². The van der Waals surface area contributed by atoms with Crippen LogP contribution in [-0.2, 0) is 15.0 Å². The van der Waals surface area contributed by atoms with Gasteiger partial charge in [-0.25, -0.2) is 10.1 Å². The van der Waals surface area contributed by atoms with Gasteiger partial charge in [-0.15, -0.1) is 0 Å². The molecule has 8 heteroatoms. The zero-order chi connectivity index (χ0) is 14.2. The number of hydrogen-bond acceptors (Lipinski definition) is 5. The Kier molecular flexibility index (Phi) is 3.29. The summed E-state index contributed by atoms with van der Waals surface area (Å²) < 4.78 is 29.0. The number of hydrogen-bond donors (Lipinski definition) is 1. The Morgan fingerprint density at radius 2 is 2.16 bits per heavy atom. The molecule has 0 bridgehead atoms. The fraction of sp³-hybridized carbons (Fsp3) is 0.273. The van der Waals surface area contributed by atoms with E-state index in [-0.39, 0.29) is 11.4 Å². The molecule has 0 aliphatic heterocycles. The monoisotopic (exact) mass is 283 g/mol. The number of anilines is 1. The van der Waals surface area contributed by atoms with Gasteiger partial charge in [0.2, 0.25) is 11.6 Å². The van der Waals surface area contributed by atoms with Gasteiger partial charge in [0.05, 0.1) is 5.39 Å². The van der Waals surface area contributed by atoms with Gasteiger partial charge in [0, 0.05) is 12.1 Å². The lowest BCUT2D eigenvalue weighted by Gasteiger charge is -2.20. The van der Waals surface area contributed by atoms with Crippen molar-refractivity contribution in [3.8, 4) is 0 Å². The quantitative estimate of drug-likeness (QED) is 0.905. The van der Waals surface area contributed by atoms with Crippen LogP contribution < -0.4 is 9.44 Å². The molecule has 7 nitrogen and oxygen atoms in total. The van der Waals surface area contributed by atoms with Crippen LogP contribution in [0.2, 0.25) is 0 Å². The third kappa shape index (κ3) is 2.45. The fourth-order valence-electron chi connectivity index (χ4n) is 1.63. The van der Waals surface area contributed by atoms with E-state index in [1.807, 2.05) is 0 Å². The third-order valence-electron chi connectivity index (χ3n) is 2.50. The first-order valence-corrected chi connectivity index (χ1v) is 7.02. The van der Waals surface area contributed by atoms with Crippen molar-refractivity contribution < 1.29 is 17.6 Å². The van der Waals surface area contributed by atoms with Crippen molar-refractivity contribution >= 4 is 32.9 Å². The van der Waals surface area contributed by atoms with Crippen LogP contribution >= 0.6 is 0 Å². The van der Waals surface area contributed by atoms with Crippen molar-refractivity contribution in [2.45, 2.75) is 13.8 Å². The van der Waals surface area contributed by atoms with E-state index < -0.39 is 22.0 Å². The van der Waals surface area contributed by atoms with Crippen molar-refractivity contribution in [1.82, 2.24) is 4.98 Å². The van der Waals surface area contributed by atoms with Crippen molar-refractivity contribution in [2.24, 2.45) is 11.1 Å². The molecule has 19 heavy (non-hydrogen) atoms. The molecule has 0 saturated heterocycles. The summed E-state index contributed by atoms with van der Waals surface area (Å²) in [6.45, 7) is 3.17. The van der Waals surface area contributed by atoms with E-state index in [4.69, 9.17) is 9.56 Å². The van der Waals surface area contributed by atoms with Crippen LogP contribution in [0, 0.1) is 5.92 Å². The van der Waals surface area contributed by atoms with E-state index in [0.29, 0.717) is 9.69 Å². The Balaban J connectivity index is 2.66. The highest BCUT2D eigenvalue weighted by Crippen LogP contribution is 2.29. The standard InChI is InChI=1S/C11H13N3O4S/c1-7(2)11(15)14(19(12,16)17)9-6-18-10-8(9)4-3-5-13-10/h3-7H,1-2H3,(H2,12,16,17). The third-order valence-corrected chi connectivity index (χ3v) is 3.38. The molecule has 0 aliphatic rings. The molecule has 0 aromatic carbocycles. The topological polar surface area (TPSA) is 106 Å². The van der Waals surface area contributed by atoms with E-state index in [2.05, 4.69) is 4.98 Å². The molecule has 0 unspecified atom stereocenters. The van der Waals surface area contributed by atoms with Crippen LogP contribution in [0.5, 0.6) is 0 Å². The van der Waals surface area contributed by atoms with Gasteiger partial charge in [0.15, 0.2) is 0 Å². The molecular weight excluding hydrogens is 270 g/mol. The SMILES string of the molecule is CC(C)C(=O)N(c1coc2ncccc12)S(N)(=O)=O. The second-order valence-electron chi connectivity index (χ2n) is 4.28. The smallest absolute Gasteiger partial charge is 0.305 e. The van der Waals surface area contributed by atoms with Gasteiger partial charge in [-0.3, -0.25) is 4.79 Å². The maximum Gasteiger partial charge on any atom is 0.305 e. The van der Waals surface area contributed by atoms with Gasteiger partial charge in [-0.05, 0) is 12.1 Å². The highest BCUT2D eigenvalue weighted by Gasteiger charge is 2.30. The number of carbonyl (C=O) groups excluding carboxylic acids is 1. The lowest BCUT2D eigenvalue weighted by molar-refractivity contribution is -0.120. The lowest BCUT2D eigenvalue weighted by Crippen LogP contribution is -2.43. The number of nitrogens with two attached hydrogens (primary N) is 1. The van der Waals surface area contributed by atoms with Gasteiger partial charge >= 0.3 is 10.2 Å². The molecule has 0 atom stereocenters. The zero-order valence-corrected chi connectivity index (χ0v) is 11.2. The second-order valence-corrected chi connectivity index (χ2v) is 5.67. The number of amides is 1. The average Bonchev–Trinajstić information content (AvgIpc) is 2.71. The van der Waals surface area contributed by atoms with E-state index in [0.717, 1.165) is 6.26 Å². The van der Waals surface area contributed by atoms with E-state index in [9.17, 15) is 13.2 Å². The molecule has 1 amide bonds. The predicted octanol–water partition coefficient (Wildman–Crippen LogP) is 1.02. The van der Waals surface area contributed by atoms with E-state index in [1.165, 1.54) is 6.20 Å². The Morgan fingerprint density at radius 1 is 1.47 bits per heavy atom. The van der Waals surface area contributed by atoms with Crippen LogP contribution in [0.3, 0.4) is 0 Å². The number of furan rings is 1. The van der Waals surface area contributed by atoms with Gasteiger partial charge in [0.1, 0.15) is 12.0 Å². The minimum Gasteiger partial charge on any atom is -0.444 e. The van der Waals surface area contributed by atoms with Crippen LogP contribution in [0.25, 0.3) is 11.1 Å². The first-order valence-electron chi connectivity index (χ1n) is 5.51. The Morgan fingerprint density at radius 3 is 2.74 bits per heavy atom. The number of fused-ring (bicyclic) bond motifs is 1. The maximum atomic E-state index is 12.0. The molecule has 0 aliphatic carbocycles. The Bertz CT molecular complexity index is 720. The van der Waals surface area contributed by atoms with Gasteiger partial charge in [-0.1, -0.05) is 13.8 Å². The van der Waals surface area contributed by atoms with Crippen molar-refractivity contribution in [2.75, 3.05) is 4.31 Å². The van der Waals surface area contributed by atoms with Crippen LogP contribution in [-0.4, -0.2) is 19.3 Å². The van der Waals surface area contributed by atoms with E-state index in [1.54, 1.807) is 26.0 Å². The summed E-state index contributed by atoms with van der Waals surface area (Å²) in [7, 11) is -4.23. The highest BCUT2D eigenvalue weighted by molar-refractivity contribution is 7.91. The molecule has 2 aromatic rings. The molecule has 102 valence electrons. The maximum absolute atomic E-state index is 12.0. The van der Waals surface area contributed by atoms with Crippen LogP contribution in [0.15, 0.2) is 29.0 Å². The molecule has 2 aromatic heterocycles. The average molecular weight is 283 g/mol. The zero-order valence-electron chi connectivity index (χ0n) is 10.4. The molecule has 2 N–H and O–H groups in total. The number of rotatable bonds is 3. The summed E-state index contributed by atoms with van der Waals surface area (Å²) in [5.41, 5.74) is 0.312.